The summed E-state index contributed by atoms with van der Waals surface area (Å²) in [6.45, 7) is 4.80. The van der Waals surface area contributed by atoms with Crippen LogP contribution in [-0.2, 0) is 16.9 Å². The van der Waals surface area contributed by atoms with Crippen LogP contribution >= 0.6 is 0 Å². The molecule has 4 nitrogen and oxygen atoms in total. The van der Waals surface area contributed by atoms with E-state index in [1.54, 1.807) is 7.11 Å². The Morgan fingerprint density at radius 1 is 1.33 bits per heavy atom. The highest BCUT2D eigenvalue weighted by atomic mass is 16.5. The summed E-state index contributed by atoms with van der Waals surface area (Å²) < 4.78 is 5.18. The zero-order valence-electron chi connectivity index (χ0n) is 11.6. The van der Waals surface area contributed by atoms with Gasteiger partial charge in [0.2, 0.25) is 0 Å². The zero-order valence-corrected chi connectivity index (χ0v) is 11.6. The molecule has 0 atom stereocenters. The summed E-state index contributed by atoms with van der Waals surface area (Å²) in [5.41, 5.74) is 8.11. The average Bonchev–Trinajstić information content (AvgIpc) is 2.77. The minimum atomic E-state index is -0.326. The Labute approximate surface area is 109 Å². The smallest absolute Gasteiger partial charge is 0.148 e. The number of nitrogens with zero attached hydrogens (tertiary/aromatic N) is 2. The van der Waals surface area contributed by atoms with E-state index in [1.807, 2.05) is 6.07 Å². The predicted molar refractivity (Wildman–Crippen MR) is 71.2 cm³/mol. The predicted octanol–water partition coefficient (Wildman–Crippen LogP) is 2.47. The van der Waals surface area contributed by atoms with E-state index >= 15 is 0 Å². The molecule has 1 aliphatic carbocycles. The Morgan fingerprint density at radius 2 is 2.00 bits per heavy atom. The van der Waals surface area contributed by atoms with Gasteiger partial charge in [-0.05, 0) is 24.8 Å². The topological polar surface area (TPSA) is 61.0 Å². The van der Waals surface area contributed by atoms with Crippen LogP contribution in [0.2, 0.25) is 0 Å². The molecule has 18 heavy (non-hydrogen) atoms. The molecule has 0 saturated heterocycles. The van der Waals surface area contributed by atoms with Crippen LogP contribution in [0, 0.1) is 0 Å². The monoisotopic (exact) mass is 249 g/mol. The van der Waals surface area contributed by atoms with Gasteiger partial charge in [-0.1, -0.05) is 26.7 Å². The largest absolute Gasteiger partial charge is 0.378 e. The van der Waals surface area contributed by atoms with Crippen LogP contribution in [0.4, 0.5) is 0 Å². The van der Waals surface area contributed by atoms with Crippen LogP contribution in [0.15, 0.2) is 6.07 Å². The van der Waals surface area contributed by atoms with Crippen molar-refractivity contribution >= 4 is 0 Å². The van der Waals surface area contributed by atoms with Crippen LogP contribution in [0.5, 0.6) is 0 Å². The minimum Gasteiger partial charge on any atom is -0.378 e. The summed E-state index contributed by atoms with van der Waals surface area (Å²) in [6.07, 6.45) is 4.32. The first-order valence-electron chi connectivity index (χ1n) is 6.71. The maximum Gasteiger partial charge on any atom is 0.148 e. The van der Waals surface area contributed by atoms with Crippen LogP contribution in [0.3, 0.4) is 0 Å². The molecule has 2 N–H and O–H groups in total. The SMILES string of the molecule is COCc1cc(C(C)C)nc(C2(N)CCCC2)n1. The van der Waals surface area contributed by atoms with E-state index in [9.17, 15) is 0 Å². The molecular formula is C14H23N3O. The lowest BCUT2D eigenvalue weighted by Gasteiger charge is -2.23. The van der Waals surface area contributed by atoms with E-state index in [0.29, 0.717) is 12.5 Å². The first-order chi connectivity index (χ1) is 8.55. The van der Waals surface area contributed by atoms with Crippen molar-refractivity contribution in [1.29, 1.82) is 0 Å². The van der Waals surface area contributed by atoms with Crippen LogP contribution in [0.25, 0.3) is 0 Å². The lowest BCUT2D eigenvalue weighted by Crippen LogP contribution is -2.36. The number of ether oxygens (including phenoxy) is 1. The molecule has 1 fully saturated rings. The van der Waals surface area contributed by atoms with E-state index in [0.717, 1.165) is 30.1 Å². The second kappa shape index (κ2) is 5.33. The first-order valence-corrected chi connectivity index (χ1v) is 6.71. The molecule has 0 spiro atoms. The van der Waals surface area contributed by atoms with E-state index in [1.165, 1.54) is 12.8 Å². The van der Waals surface area contributed by atoms with Crippen molar-refractivity contribution in [2.45, 2.75) is 57.6 Å². The molecule has 4 heteroatoms. The van der Waals surface area contributed by atoms with Crippen molar-refractivity contribution in [2.75, 3.05) is 7.11 Å². The van der Waals surface area contributed by atoms with Crippen LogP contribution in [-0.4, -0.2) is 17.1 Å². The Kier molecular flexibility index (Phi) is 3.97. The minimum absolute atomic E-state index is 0.326. The summed E-state index contributed by atoms with van der Waals surface area (Å²) >= 11 is 0. The van der Waals surface area contributed by atoms with E-state index in [4.69, 9.17) is 10.5 Å². The molecule has 1 aromatic heterocycles. The second-order valence-electron chi connectivity index (χ2n) is 5.56. The standard InChI is InChI=1S/C14H23N3O/c1-10(2)12-8-11(9-18-3)16-13(17-12)14(15)6-4-5-7-14/h8,10H,4-7,9,15H2,1-3H3. The van der Waals surface area contributed by atoms with Crippen LogP contribution in [0.1, 0.15) is 62.7 Å². The van der Waals surface area contributed by atoms with Gasteiger partial charge in [0.05, 0.1) is 17.8 Å². The summed E-state index contributed by atoms with van der Waals surface area (Å²) in [6, 6.07) is 2.02. The number of hydrogen-bond acceptors (Lipinski definition) is 4. The van der Waals surface area contributed by atoms with Gasteiger partial charge in [0.1, 0.15) is 5.82 Å². The molecule has 0 amide bonds. The lowest BCUT2D eigenvalue weighted by molar-refractivity contribution is 0.180. The van der Waals surface area contributed by atoms with Crippen molar-refractivity contribution in [1.82, 2.24) is 9.97 Å². The summed E-state index contributed by atoms with van der Waals surface area (Å²) in [5.74, 6) is 1.19. The lowest BCUT2D eigenvalue weighted by atomic mass is 9.97. The van der Waals surface area contributed by atoms with Crippen molar-refractivity contribution in [3.8, 4) is 0 Å². The third-order valence-corrected chi connectivity index (χ3v) is 3.62. The van der Waals surface area contributed by atoms with Gasteiger partial charge in [0.15, 0.2) is 0 Å². The average molecular weight is 249 g/mol. The number of methoxy groups -OCH3 is 1. The Bertz CT molecular complexity index is 412. The van der Waals surface area contributed by atoms with E-state index < -0.39 is 0 Å². The van der Waals surface area contributed by atoms with Crippen molar-refractivity contribution in [3.63, 3.8) is 0 Å². The fraction of sp³-hybridized carbons (Fsp3) is 0.714. The number of aromatic nitrogens is 2. The molecule has 0 bridgehead atoms. The summed E-state index contributed by atoms with van der Waals surface area (Å²) in [4.78, 5) is 9.28. The highest BCUT2D eigenvalue weighted by Gasteiger charge is 2.34. The quantitative estimate of drug-likeness (QED) is 0.890. The van der Waals surface area contributed by atoms with Gasteiger partial charge < -0.3 is 10.5 Å². The van der Waals surface area contributed by atoms with Crippen molar-refractivity contribution in [2.24, 2.45) is 5.73 Å². The molecule has 1 heterocycles. The fourth-order valence-corrected chi connectivity index (χ4v) is 2.49. The van der Waals surface area contributed by atoms with Gasteiger partial charge >= 0.3 is 0 Å². The molecule has 100 valence electrons. The highest BCUT2D eigenvalue weighted by Crippen LogP contribution is 2.35. The summed E-state index contributed by atoms with van der Waals surface area (Å²) in [5, 5.41) is 0. The second-order valence-corrected chi connectivity index (χ2v) is 5.56. The Hall–Kier alpha value is -1.00. The van der Waals surface area contributed by atoms with E-state index in [2.05, 4.69) is 23.8 Å². The van der Waals surface area contributed by atoms with Gasteiger partial charge in [-0.3, -0.25) is 0 Å². The normalized spacial score (nSPS) is 18.5. The molecule has 0 aromatic carbocycles. The molecular weight excluding hydrogens is 226 g/mol. The summed E-state index contributed by atoms with van der Waals surface area (Å²) in [7, 11) is 1.69. The van der Waals surface area contributed by atoms with Gasteiger partial charge in [-0.25, -0.2) is 9.97 Å². The van der Waals surface area contributed by atoms with Gasteiger partial charge in [-0.15, -0.1) is 0 Å². The number of rotatable bonds is 4. The Balaban J connectivity index is 2.39. The van der Waals surface area contributed by atoms with Crippen molar-refractivity contribution in [3.05, 3.63) is 23.3 Å². The number of nitrogens with two attached hydrogens (primary N) is 1. The highest BCUT2D eigenvalue weighted by molar-refractivity contribution is 5.18. The third kappa shape index (κ3) is 2.70. The molecule has 1 saturated carbocycles. The maximum absolute atomic E-state index is 6.45. The van der Waals surface area contributed by atoms with Crippen LogP contribution < -0.4 is 5.73 Å². The molecule has 0 aliphatic heterocycles. The molecule has 2 rings (SSSR count). The Morgan fingerprint density at radius 3 is 2.56 bits per heavy atom. The fourth-order valence-electron chi connectivity index (χ4n) is 2.49. The zero-order chi connectivity index (χ0) is 13.2. The third-order valence-electron chi connectivity index (χ3n) is 3.62. The molecule has 1 aromatic rings. The molecule has 1 aliphatic rings. The maximum atomic E-state index is 6.45. The van der Waals surface area contributed by atoms with Gasteiger partial charge in [-0.2, -0.15) is 0 Å². The van der Waals surface area contributed by atoms with Crippen molar-refractivity contribution < 1.29 is 4.74 Å². The van der Waals surface area contributed by atoms with Gasteiger partial charge in [0.25, 0.3) is 0 Å². The first kappa shape index (κ1) is 13.4. The molecule has 0 unspecified atom stereocenters. The number of hydrogen-bond donors (Lipinski definition) is 1. The van der Waals surface area contributed by atoms with Gasteiger partial charge in [0, 0.05) is 12.8 Å². The van der Waals surface area contributed by atoms with E-state index in [-0.39, 0.29) is 5.54 Å². The molecule has 0 radical (unpaired) electrons.